The highest BCUT2D eigenvalue weighted by Gasteiger charge is 2.49. The molecule has 2 aliphatic rings. The third-order valence-electron chi connectivity index (χ3n) is 4.15. The summed E-state index contributed by atoms with van der Waals surface area (Å²) in [6.45, 7) is 7.31. The average molecular weight is 249 g/mol. The van der Waals surface area contributed by atoms with Gasteiger partial charge in [0.1, 0.15) is 5.41 Å². The monoisotopic (exact) mass is 249 g/mol. The first-order valence-corrected chi connectivity index (χ1v) is 7.00. The number of hydrogen-bond donors (Lipinski definition) is 1. The zero-order valence-electron chi connectivity index (χ0n) is 11.4. The Morgan fingerprint density at radius 1 is 1.50 bits per heavy atom. The lowest BCUT2D eigenvalue weighted by molar-refractivity contribution is -0.134. The summed E-state index contributed by atoms with van der Waals surface area (Å²) in [6, 6.07) is 2.35. The molecule has 0 aromatic carbocycles. The van der Waals surface area contributed by atoms with Gasteiger partial charge in [-0.3, -0.25) is 4.79 Å². The van der Waals surface area contributed by atoms with Crippen molar-refractivity contribution in [3.05, 3.63) is 0 Å². The highest BCUT2D eigenvalue weighted by Crippen LogP contribution is 2.45. The van der Waals surface area contributed by atoms with Crippen LogP contribution in [0.1, 0.15) is 39.5 Å². The molecule has 1 aliphatic carbocycles. The molecule has 1 amide bonds. The highest BCUT2D eigenvalue weighted by molar-refractivity contribution is 5.86. The van der Waals surface area contributed by atoms with Gasteiger partial charge < -0.3 is 10.2 Å². The molecule has 0 bridgehead atoms. The zero-order valence-corrected chi connectivity index (χ0v) is 11.4. The van der Waals surface area contributed by atoms with Crippen molar-refractivity contribution < 1.29 is 4.79 Å². The fourth-order valence-electron chi connectivity index (χ4n) is 3.22. The Bertz CT molecular complexity index is 349. The van der Waals surface area contributed by atoms with Gasteiger partial charge in [-0.15, -0.1) is 0 Å². The van der Waals surface area contributed by atoms with Crippen LogP contribution in [-0.4, -0.2) is 36.5 Å². The van der Waals surface area contributed by atoms with Gasteiger partial charge in [-0.05, 0) is 51.6 Å². The van der Waals surface area contributed by atoms with Crippen molar-refractivity contribution in [3.8, 4) is 6.07 Å². The largest absolute Gasteiger partial charge is 0.351 e. The number of amides is 1. The molecule has 1 heterocycles. The van der Waals surface area contributed by atoms with E-state index in [-0.39, 0.29) is 11.9 Å². The lowest BCUT2D eigenvalue weighted by Crippen LogP contribution is -2.52. The van der Waals surface area contributed by atoms with Crippen molar-refractivity contribution in [3.63, 3.8) is 0 Å². The molecular formula is C14H23N3O. The number of nitriles is 1. The second-order valence-corrected chi connectivity index (χ2v) is 6.09. The number of hydrogen-bond acceptors (Lipinski definition) is 3. The zero-order chi connectivity index (χ0) is 13.2. The minimum absolute atomic E-state index is 0.0604. The molecule has 4 nitrogen and oxygen atoms in total. The molecule has 1 saturated heterocycles. The van der Waals surface area contributed by atoms with Crippen LogP contribution in [0.2, 0.25) is 0 Å². The molecule has 1 N–H and O–H groups in total. The van der Waals surface area contributed by atoms with Crippen LogP contribution in [0.4, 0.5) is 0 Å². The van der Waals surface area contributed by atoms with Crippen LogP contribution in [0.5, 0.6) is 0 Å². The summed E-state index contributed by atoms with van der Waals surface area (Å²) in [5.74, 6) is 0.444. The van der Waals surface area contributed by atoms with Crippen molar-refractivity contribution in [2.45, 2.75) is 45.6 Å². The van der Waals surface area contributed by atoms with Gasteiger partial charge >= 0.3 is 0 Å². The molecule has 0 spiro atoms. The number of carbonyl (C=O) groups excluding carboxylic acids is 1. The lowest BCUT2D eigenvalue weighted by Gasteiger charge is -2.40. The van der Waals surface area contributed by atoms with E-state index in [0.29, 0.717) is 18.8 Å². The van der Waals surface area contributed by atoms with Crippen LogP contribution < -0.4 is 5.32 Å². The first kappa shape index (κ1) is 13.4. The van der Waals surface area contributed by atoms with Crippen molar-refractivity contribution in [2.75, 3.05) is 19.6 Å². The van der Waals surface area contributed by atoms with E-state index >= 15 is 0 Å². The summed E-state index contributed by atoms with van der Waals surface area (Å²) in [6.07, 6.45) is 3.96. The number of rotatable bonds is 4. The summed E-state index contributed by atoms with van der Waals surface area (Å²) in [5.41, 5.74) is -0.737. The Kier molecular flexibility index (Phi) is 3.91. The van der Waals surface area contributed by atoms with Gasteiger partial charge in [-0.2, -0.15) is 5.26 Å². The van der Waals surface area contributed by atoms with Crippen LogP contribution in [0.25, 0.3) is 0 Å². The Balaban J connectivity index is 1.81. The Morgan fingerprint density at radius 2 is 2.11 bits per heavy atom. The summed E-state index contributed by atoms with van der Waals surface area (Å²) in [5, 5.41) is 12.2. The molecule has 0 radical (unpaired) electrons. The minimum Gasteiger partial charge on any atom is -0.351 e. The predicted molar refractivity (Wildman–Crippen MR) is 69.7 cm³/mol. The van der Waals surface area contributed by atoms with E-state index in [1.54, 1.807) is 0 Å². The smallest absolute Gasteiger partial charge is 0.240 e. The van der Waals surface area contributed by atoms with E-state index in [1.807, 2.05) is 6.92 Å². The van der Waals surface area contributed by atoms with E-state index < -0.39 is 5.41 Å². The lowest BCUT2D eigenvalue weighted by atomic mass is 9.63. The number of likely N-dealkylation sites (tertiary alicyclic amines) is 1. The average Bonchev–Trinajstić information content (AvgIpc) is 2.76. The highest BCUT2D eigenvalue weighted by atomic mass is 16.2. The molecule has 2 rings (SSSR count). The first-order chi connectivity index (χ1) is 8.55. The molecule has 18 heavy (non-hydrogen) atoms. The van der Waals surface area contributed by atoms with Gasteiger partial charge in [0.25, 0.3) is 0 Å². The van der Waals surface area contributed by atoms with E-state index in [4.69, 9.17) is 0 Å². The summed E-state index contributed by atoms with van der Waals surface area (Å²) >= 11 is 0. The maximum Gasteiger partial charge on any atom is 0.240 e. The minimum atomic E-state index is -0.737. The van der Waals surface area contributed by atoms with Gasteiger partial charge in [-0.25, -0.2) is 0 Å². The maximum absolute atomic E-state index is 12.2. The Hall–Kier alpha value is -1.08. The summed E-state index contributed by atoms with van der Waals surface area (Å²) in [4.78, 5) is 14.5. The normalized spacial score (nSPS) is 33.5. The van der Waals surface area contributed by atoms with Crippen LogP contribution >= 0.6 is 0 Å². The van der Waals surface area contributed by atoms with Gasteiger partial charge in [-0.1, -0.05) is 6.92 Å². The predicted octanol–water partition coefficient (Wildman–Crippen LogP) is 1.53. The van der Waals surface area contributed by atoms with E-state index in [0.717, 1.165) is 19.6 Å². The van der Waals surface area contributed by atoms with Gasteiger partial charge in [0, 0.05) is 12.6 Å². The molecule has 1 atom stereocenters. The Labute approximate surface area is 109 Å². The van der Waals surface area contributed by atoms with Gasteiger partial charge in [0.2, 0.25) is 5.91 Å². The molecule has 1 unspecified atom stereocenters. The SMILES string of the molecule is CC1CC(C#N)(C(=O)NC(C)CN2CCCC2)C1. The number of nitrogens with zero attached hydrogens (tertiary/aromatic N) is 2. The molecule has 0 aromatic rings. The third kappa shape index (κ3) is 2.67. The fourth-order valence-corrected chi connectivity index (χ4v) is 3.22. The van der Waals surface area contributed by atoms with Gasteiger partial charge in [0.15, 0.2) is 0 Å². The van der Waals surface area contributed by atoms with Gasteiger partial charge in [0.05, 0.1) is 6.07 Å². The number of nitrogens with one attached hydrogen (secondary N) is 1. The first-order valence-electron chi connectivity index (χ1n) is 7.00. The summed E-state index contributed by atoms with van der Waals surface area (Å²) in [7, 11) is 0. The number of carbonyl (C=O) groups is 1. The van der Waals surface area contributed by atoms with Crippen molar-refractivity contribution in [2.24, 2.45) is 11.3 Å². The molecule has 100 valence electrons. The standard InChI is InChI=1S/C14H23N3O/c1-11-7-14(8-11,10-15)13(18)16-12(2)9-17-5-3-4-6-17/h11-12H,3-9H2,1-2H3,(H,16,18). The quantitative estimate of drug-likeness (QED) is 0.822. The van der Waals surface area contributed by atoms with Crippen LogP contribution in [-0.2, 0) is 4.79 Å². The van der Waals surface area contributed by atoms with Crippen molar-refractivity contribution >= 4 is 5.91 Å². The fraction of sp³-hybridized carbons (Fsp3) is 0.857. The Morgan fingerprint density at radius 3 is 2.61 bits per heavy atom. The second-order valence-electron chi connectivity index (χ2n) is 6.09. The second kappa shape index (κ2) is 5.27. The van der Waals surface area contributed by atoms with E-state index in [1.165, 1.54) is 12.8 Å². The molecule has 1 saturated carbocycles. The molecule has 2 fully saturated rings. The summed E-state index contributed by atoms with van der Waals surface area (Å²) < 4.78 is 0. The van der Waals surface area contributed by atoms with Crippen LogP contribution in [0, 0.1) is 22.7 Å². The third-order valence-corrected chi connectivity index (χ3v) is 4.15. The maximum atomic E-state index is 12.2. The van der Waals surface area contributed by atoms with E-state index in [2.05, 4.69) is 23.2 Å². The topological polar surface area (TPSA) is 56.1 Å². The molecule has 4 heteroatoms. The molecule has 1 aliphatic heterocycles. The molecular weight excluding hydrogens is 226 g/mol. The van der Waals surface area contributed by atoms with Crippen molar-refractivity contribution in [1.29, 1.82) is 5.26 Å². The van der Waals surface area contributed by atoms with Crippen molar-refractivity contribution in [1.82, 2.24) is 10.2 Å². The van der Waals surface area contributed by atoms with E-state index in [9.17, 15) is 10.1 Å². The molecule has 0 aromatic heterocycles. The van der Waals surface area contributed by atoms with Crippen LogP contribution in [0.3, 0.4) is 0 Å². The van der Waals surface area contributed by atoms with Crippen LogP contribution in [0.15, 0.2) is 0 Å².